The normalized spacial score (nSPS) is 13.1. The lowest BCUT2D eigenvalue weighted by molar-refractivity contribution is 0.380. The molecule has 70 heavy (non-hydrogen) atoms. The summed E-state index contributed by atoms with van der Waals surface area (Å²) in [5.41, 5.74) is 10.2. The monoisotopic (exact) mass is 931 g/mol. The third-order valence-electron chi connectivity index (χ3n) is 14.7. The Bertz CT molecular complexity index is 4370. The number of para-hydroxylation sites is 3. The van der Waals surface area contributed by atoms with Crippen LogP contribution in [0.3, 0.4) is 0 Å². The van der Waals surface area contributed by atoms with Gasteiger partial charge < -0.3 is 14.2 Å². The molecule has 0 spiro atoms. The third-order valence-corrected chi connectivity index (χ3v) is 15.8. The van der Waals surface area contributed by atoms with E-state index in [1.165, 1.54) is 4.90 Å². The molecule has 2 aliphatic heterocycles. The minimum atomic E-state index is -2.22. The van der Waals surface area contributed by atoms with E-state index < -0.39 is 41.5 Å². The molecule has 3 aromatic heterocycles. The van der Waals surface area contributed by atoms with Crippen LogP contribution in [0.1, 0.15) is 0 Å². The van der Waals surface area contributed by atoms with Crippen LogP contribution in [-0.4, -0.2) is 11.1 Å². The summed E-state index contributed by atoms with van der Waals surface area (Å²) >= 11 is 1.69. The average Bonchev–Trinajstić information content (AvgIpc) is 4.06. The zero-order chi connectivity index (χ0) is 46.7. The number of hydrogen-bond donors (Lipinski definition) is 0. The number of hydrogen-bond acceptors (Lipinski definition) is 3. The Morgan fingerprint density at radius 1 is 0.371 bits per heavy atom. The first-order chi connectivity index (χ1) is 34.3. The van der Waals surface area contributed by atoms with Crippen LogP contribution in [0, 0.1) is 29.1 Å². The molecule has 10 heteroatoms. The summed E-state index contributed by atoms with van der Waals surface area (Å²) in [5, 5.41) is 6.16. The number of benzene rings is 10. The maximum Gasteiger partial charge on any atom is 0.252 e. The molecule has 330 valence electrons. The average molecular weight is 932 g/mol. The van der Waals surface area contributed by atoms with Crippen LogP contribution >= 0.6 is 11.3 Å². The van der Waals surface area contributed by atoms with E-state index in [2.05, 4.69) is 63.9 Å². The summed E-state index contributed by atoms with van der Waals surface area (Å²) < 4.78 is 85.6. The van der Waals surface area contributed by atoms with Gasteiger partial charge in [-0.25, -0.2) is 22.0 Å². The summed E-state index contributed by atoms with van der Waals surface area (Å²) in [6, 6.07) is 63.0. The highest BCUT2D eigenvalue weighted by atomic mass is 32.1. The smallest absolute Gasteiger partial charge is 0.252 e. The largest absolute Gasteiger partial charge is 0.311 e. The fourth-order valence-electron chi connectivity index (χ4n) is 11.8. The first kappa shape index (κ1) is 39.5. The number of aromatic nitrogens is 1. The Balaban J connectivity index is 1.15. The molecule has 5 heterocycles. The molecule has 0 saturated heterocycles. The van der Waals surface area contributed by atoms with Gasteiger partial charge in [0.25, 0.3) is 6.71 Å². The molecule has 3 nitrogen and oxygen atoms in total. The first-order valence-electron chi connectivity index (χ1n) is 23.0. The van der Waals surface area contributed by atoms with Crippen LogP contribution in [0.5, 0.6) is 0 Å². The van der Waals surface area contributed by atoms with E-state index in [0.717, 1.165) is 91.8 Å². The molecule has 0 bridgehead atoms. The summed E-state index contributed by atoms with van der Waals surface area (Å²) in [6.45, 7) is -0.568. The lowest BCUT2D eigenvalue weighted by atomic mass is 9.33. The molecule has 0 amide bonds. The number of rotatable bonds is 4. The van der Waals surface area contributed by atoms with Gasteiger partial charge in [0, 0.05) is 70.2 Å². The second-order valence-electron chi connectivity index (χ2n) is 18.2. The van der Waals surface area contributed by atoms with Crippen LogP contribution in [0.25, 0.3) is 80.5 Å². The third kappa shape index (κ3) is 5.18. The molecule has 0 radical (unpaired) electrons. The van der Waals surface area contributed by atoms with Crippen molar-refractivity contribution in [2.24, 2.45) is 0 Å². The van der Waals surface area contributed by atoms with Gasteiger partial charge in [0.2, 0.25) is 5.82 Å². The second kappa shape index (κ2) is 14.3. The molecule has 2 aliphatic rings. The van der Waals surface area contributed by atoms with Crippen molar-refractivity contribution in [1.82, 2.24) is 4.40 Å². The minimum Gasteiger partial charge on any atom is -0.311 e. The van der Waals surface area contributed by atoms with Gasteiger partial charge in [0.1, 0.15) is 5.69 Å². The van der Waals surface area contributed by atoms with Crippen molar-refractivity contribution in [3.63, 3.8) is 0 Å². The quantitative estimate of drug-likeness (QED) is 0.0754. The molecular weight excluding hydrogens is 901 g/mol. The first-order valence-corrected chi connectivity index (χ1v) is 23.8. The van der Waals surface area contributed by atoms with Crippen molar-refractivity contribution >= 4 is 127 Å². The highest BCUT2D eigenvalue weighted by Crippen LogP contribution is 2.51. The lowest BCUT2D eigenvalue weighted by Gasteiger charge is -2.44. The molecule has 0 saturated carbocycles. The van der Waals surface area contributed by atoms with Crippen LogP contribution in [-0.2, 0) is 0 Å². The van der Waals surface area contributed by atoms with Crippen molar-refractivity contribution in [1.29, 1.82) is 0 Å². The summed E-state index contributed by atoms with van der Waals surface area (Å²) in [5.74, 6) is -10.1. The predicted octanol–water partition coefficient (Wildman–Crippen LogP) is 15.3. The highest BCUT2D eigenvalue weighted by Gasteiger charge is 2.46. The van der Waals surface area contributed by atoms with Crippen molar-refractivity contribution < 1.29 is 22.0 Å². The van der Waals surface area contributed by atoms with E-state index in [4.69, 9.17) is 0 Å². The van der Waals surface area contributed by atoms with Crippen molar-refractivity contribution in [2.45, 2.75) is 0 Å². The summed E-state index contributed by atoms with van der Waals surface area (Å²) in [4.78, 5) is 3.49. The fourth-order valence-corrected chi connectivity index (χ4v) is 12.9. The van der Waals surface area contributed by atoms with Gasteiger partial charge in [-0.15, -0.1) is 11.3 Å². The molecule has 13 aromatic rings. The van der Waals surface area contributed by atoms with Crippen molar-refractivity contribution in [2.75, 3.05) is 9.80 Å². The van der Waals surface area contributed by atoms with Gasteiger partial charge >= 0.3 is 0 Å². The van der Waals surface area contributed by atoms with Gasteiger partial charge in [0.15, 0.2) is 23.3 Å². The topological polar surface area (TPSA) is 10.9 Å². The summed E-state index contributed by atoms with van der Waals surface area (Å²) in [6.07, 6.45) is 0. The number of halogens is 5. The molecule has 0 aliphatic carbocycles. The van der Waals surface area contributed by atoms with Crippen molar-refractivity contribution in [3.8, 4) is 22.3 Å². The predicted molar refractivity (Wildman–Crippen MR) is 279 cm³/mol. The zero-order valence-corrected chi connectivity index (χ0v) is 37.4. The molecule has 0 atom stereocenters. The van der Waals surface area contributed by atoms with Crippen molar-refractivity contribution in [3.05, 3.63) is 217 Å². The number of anilines is 6. The number of thiophene rings is 1. The van der Waals surface area contributed by atoms with E-state index >= 15 is 22.0 Å². The van der Waals surface area contributed by atoms with E-state index in [1.807, 2.05) is 133 Å². The Morgan fingerprint density at radius 3 is 1.70 bits per heavy atom. The van der Waals surface area contributed by atoms with Gasteiger partial charge in [-0.3, -0.25) is 0 Å². The zero-order valence-electron chi connectivity index (χ0n) is 36.6. The Kier molecular flexibility index (Phi) is 8.07. The van der Waals surface area contributed by atoms with E-state index in [1.54, 1.807) is 11.3 Å². The van der Waals surface area contributed by atoms with Crippen LogP contribution in [0.15, 0.2) is 188 Å². The van der Waals surface area contributed by atoms with E-state index in [0.29, 0.717) is 27.9 Å². The molecule has 15 rings (SSSR count). The van der Waals surface area contributed by atoms with Gasteiger partial charge in [-0.05, 0) is 93.2 Å². The molecule has 0 fully saturated rings. The maximum atomic E-state index is 17.1. The van der Waals surface area contributed by atoms with Gasteiger partial charge in [-0.2, -0.15) is 0 Å². The molecular formula is C60H31BF5N3S. The maximum absolute atomic E-state index is 17.1. The van der Waals surface area contributed by atoms with E-state index in [9.17, 15) is 0 Å². The summed E-state index contributed by atoms with van der Waals surface area (Å²) in [7, 11) is 0. The molecule has 0 unspecified atom stereocenters. The fraction of sp³-hybridized carbons (Fsp3) is 0. The van der Waals surface area contributed by atoms with E-state index in [-0.39, 0.29) is 5.69 Å². The van der Waals surface area contributed by atoms with Crippen LogP contribution < -0.4 is 26.2 Å². The SMILES string of the molecule is Fc1c(F)c(F)c(N2c3cc4c(cc3B3c5cc6sc7ccccc7c6cc5N(c5ccccc5)c5cc(-c6ccccc6-c6ccccc6)cc2c53)c2cccc3c5ccccc5n4c32)c(F)c1F. The lowest BCUT2D eigenvalue weighted by Crippen LogP contribution is -2.61. The minimum absolute atomic E-state index is 0.289. The number of nitrogens with zero attached hydrogens (tertiary/aromatic N) is 3. The Labute approximate surface area is 400 Å². The highest BCUT2D eigenvalue weighted by molar-refractivity contribution is 7.26. The Morgan fingerprint density at radius 2 is 0.943 bits per heavy atom. The Hall–Kier alpha value is -8.47. The van der Waals surface area contributed by atoms with Gasteiger partial charge in [0.05, 0.1) is 16.6 Å². The second-order valence-corrected chi connectivity index (χ2v) is 19.3. The number of fused-ring (bicyclic) bond motifs is 13. The molecule has 0 N–H and O–H groups in total. The van der Waals surface area contributed by atoms with Crippen LogP contribution in [0.4, 0.5) is 56.1 Å². The standard InChI is InChI=1S/C60H31BF5N3S/c62-54-55(63)57(65)60(58(66)56(54)64)69-48-31-46-41(40-23-13-22-39-37-20-9-11-24-45(37)68(46)59(39)40)28-43(48)61-44-30-52-42(38-21-10-12-25-51(38)70-52)29-47(44)67(34-16-5-2-6-17-34)49-26-33(27-50(69)53(49)61)36-19-8-7-18-35(36)32-14-3-1-4-15-32/h1-31H. The van der Waals surface area contributed by atoms with Gasteiger partial charge in [-0.1, -0.05) is 133 Å². The molecule has 10 aromatic carbocycles. The van der Waals surface area contributed by atoms with Crippen LogP contribution in [0.2, 0.25) is 0 Å².